The third-order valence-electron chi connectivity index (χ3n) is 4.54. The molecule has 3 aromatic rings. The second kappa shape index (κ2) is 7.85. The van der Waals surface area contributed by atoms with E-state index < -0.39 is 0 Å². The number of hydrogen-bond donors (Lipinski definition) is 1. The number of nitrogens with one attached hydrogen (secondary N) is 1. The van der Waals surface area contributed by atoms with Gasteiger partial charge in [-0.25, -0.2) is 9.67 Å². The molecule has 10 nitrogen and oxygen atoms in total. The molecule has 0 spiro atoms. The Kier molecular flexibility index (Phi) is 4.95. The van der Waals surface area contributed by atoms with Crippen molar-refractivity contribution >= 4 is 11.7 Å². The van der Waals surface area contributed by atoms with E-state index in [1.807, 2.05) is 12.1 Å². The van der Waals surface area contributed by atoms with Crippen LogP contribution < -0.4 is 10.2 Å². The summed E-state index contributed by atoms with van der Waals surface area (Å²) in [7, 11) is 0. The van der Waals surface area contributed by atoms with Crippen LogP contribution in [0.5, 0.6) is 0 Å². The van der Waals surface area contributed by atoms with E-state index in [-0.39, 0.29) is 11.8 Å². The number of piperidine rings is 1. The Bertz CT molecular complexity index is 859. The molecule has 4 heterocycles. The van der Waals surface area contributed by atoms with Gasteiger partial charge in [-0.05, 0) is 25.0 Å². The molecule has 3 aromatic heterocycles. The third-order valence-corrected chi connectivity index (χ3v) is 4.54. The summed E-state index contributed by atoms with van der Waals surface area (Å²) in [6.45, 7) is 1.93. The number of aromatic nitrogens is 7. The SMILES string of the molecule is O=C(NCc1cnccn1)C1CCN(c2ccc(-n3cncn3)nn2)CC1. The predicted octanol–water partition coefficient (Wildman–Crippen LogP) is 0.380. The minimum atomic E-state index is 0.000280. The zero-order chi connectivity index (χ0) is 18.5. The fourth-order valence-electron chi connectivity index (χ4n) is 3.05. The lowest BCUT2D eigenvalue weighted by Crippen LogP contribution is -2.40. The molecule has 1 aliphatic rings. The Morgan fingerprint density at radius 2 is 1.93 bits per heavy atom. The van der Waals surface area contributed by atoms with E-state index in [1.165, 1.54) is 6.33 Å². The quantitative estimate of drug-likeness (QED) is 0.690. The van der Waals surface area contributed by atoms with Crippen LogP contribution in [0.4, 0.5) is 5.82 Å². The van der Waals surface area contributed by atoms with Gasteiger partial charge in [-0.3, -0.25) is 14.8 Å². The first-order valence-corrected chi connectivity index (χ1v) is 8.76. The first-order valence-electron chi connectivity index (χ1n) is 8.76. The molecule has 138 valence electrons. The lowest BCUT2D eigenvalue weighted by atomic mass is 9.96. The highest BCUT2D eigenvalue weighted by Crippen LogP contribution is 2.22. The van der Waals surface area contributed by atoms with Crippen LogP contribution in [0.15, 0.2) is 43.4 Å². The average molecular weight is 365 g/mol. The lowest BCUT2D eigenvalue weighted by Gasteiger charge is -2.31. The van der Waals surface area contributed by atoms with Crippen molar-refractivity contribution in [2.24, 2.45) is 5.92 Å². The summed E-state index contributed by atoms with van der Waals surface area (Å²) in [5, 5.41) is 15.4. The molecule has 0 aromatic carbocycles. The maximum atomic E-state index is 12.4. The smallest absolute Gasteiger partial charge is 0.223 e. The molecule has 0 radical (unpaired) electrons. The van der Waals surface area contributed by atoms with Crippen molar-refractivity contribution in [1.29, 1.82) is 0 Å². The number of hydrogen-bond acceptors (Lipinski definition) is 8. The summed E-state index contributed by atoms with van der Waals surface area (Å²) in [5.41, 5.74) is 0.756. The Balaban J connectivity index is 1.29. The standard InChI is InChI=1S/C17H19N9O/c27-17(21-10-14-9-18-5-6-20-14)13-3-7-25(8-4-13)15-1-2-16(24-23-15)26-12-19-11-22-26/h1-2,5-6,9,11-13H,3-4,7-8,10H2,(H,21,27). The first kappa shape index (κ1) is 17.0. The van der Waals surface area contributed by atoms with Crippen molar-refractivity contribution in [2.75, 3.05) is 18.0 Å². The summed E-state index contributed by atoms with van der Waals surface area (Å²) in [6.07, 6.45) is 9.48. The molecule has 1 aliphatic heterocycles. The molecule has 0 unspecified atom stereocenters. The van der Waals surface area contributed by atoms with E-state index in [0.717, 1.165) is 37.4 Å². The largest absolute Gasteiger partial charge is 0.355 e. The molecule has 0 atom stereocenters. The monoisotopic (exact) mass is 365 g/mol. The normalized spacial score (nSPS) is 14.9. The maximum Gasteiger partial charge on any atom is 0.223 e. The van der Waals surface area contributed by atoms with Crippen molar-refractivity contribution in [3.05, 3.63) is 49.1 Å². The van der Waals surface area contributed by atoms with Gasteiger partial charge in [0.1, 0.15) is 12.7 Å². The fraction of sp³-hybridized carbons (Fsp3) is 0.353. The molecule has 0 saturated carbocycles. The van der Waals surface area contributed by atoms with Gasteiger partial charge in [-0.2, -0.15) is 5.10 Å². The van der Waals surface area contributed by atoms with Crippen LogP contribution >= 0.6 is 0 Å². The van der Waals surface area contributed by atoms with Gasteiger partial charge in [0.15, 0.2) is 11.6 Å². The van der Waals surface area contributed by atoms with Crippen LogP contribution in [-0.2, 0) is 11.3 Å². The summed E-state index contributed by atoms with van der Waals surface area (Å²) in [4.78, 5) is 26.6. The van der Waals surface area contributed by atoms with E-state index in [2.05, 4.69) is 40.5 Å². The Morgan fingerprint density at radius 1 is 1.11 bits per heavy atom. The second-order valence-electron chi connectivity index (χ2n) is 6.27. The summed E-state index contributed by atoms with van der Waals surface area (Å²) < 4.78 is 1.56. The van der Waals surface area contributed by atoms with Crippen LogP contribution in [-0.4, -0.2) is 53.9 Å². The molecule has 10 heteroatoms. The van der Waals surface area contributed by atoms with E-state index in [1.54, 1.807) is 29.6 Å². The third kappa shape index (κ3) is 4.05. The average Bonchev–Trinajstić information content (AvgIpc) is 3.28. The summed E-state index contributed by atoms with van der Waals surface area (Å²) in [5.74, 6) is 1.49. The molecule has 0 aliphatic carbocycles. The van der Waals surface area contributed by atoms with Crippen LogP contribution in [0.25, 0.3) is 5.82 Å². The van der Waals surface area contributed by atoms with Crippen LogP contribution in [0.3, 0.4) is 0 Å². The van der Waals surface area contributed by atoms with Gasteiger partial charge in [-0.1, -0.05) is 0 Å². The molecule has 1 saturated heterocycles. The zero-order valence-electron chi connectivity index (χ0n) is 14.6. The van der Waals surface area contributed by atoms with Gasteiger partial charge < -0.3 is 10.2 Å². The zero-order valence-corrected chi connectivity index (χ0v) is 14.6. The van der Waals surface area contributed by atoms with Crippen LogP contribution in [0.1, 0.15) is 18.5 Å². The minimum absolute atomic E-state index is 0.000280. The Morgan fingerprint density at radius 3 is 2.59 bits per heavy atom. The van der Waals surface area contributed by atoms with Crippen molar-refractivity contribution in [3.63, 3.8) is 0 Å². The highest BCUT2D eigenvalue weighted by molar-refractivity contribution is 5.78. The second-order valence-corrected chi connectivity index (χ2v) is 6.27. The number of carbonyl (C=O) groups is 1. The van der Waals surface area contributed by atoms with Crippen molar-refractivity contribution < 1.29 is 4.79 Å². The van der Waals surface area contributed by atoms with Gasteiger partial charge >= 0.3 is 0 Å². The fourth-order valence-corrected chi connectivity index (χ4v) is 3.05. The van der Waals surface area contributed by atoms with Gasteiger partial charge in [0, 0.05) is 31.4 Å². The molecule has 4 rings (SSSR count). The van der Waals surface area contributed by atoms with Crippen molar-refractivity contribution in [3.8, 4) is 5.82 Å². The highest BCUT2D eigenvalue weighted by Gasteiger charge is 2.25. The molecular weight excluding hydrogens is 346 g/mol. The number of carbonyl (C=O) groups excluding carboxylic acids is 1. The van der Waals surface area contributed by atoms with Crippen LogP contribution in [0, 0.1) is 5.92 Å². The topological polar surface area (TPSA) is 115 Å². The molecule has 1 N–H and O–H groups in total. The number of anilines is 1. The Hall–Kier alpha value is -3.43. The molecular formula is C17H19N9O. The van der Waals surface area contributed by atoms with Gasteiger partial charge in [0.2, 0.25) is 5.91 Å². The summed E-state index contributed by atoms with van der Waals surface area (Å²) in [6, 6.07) is 3.77. The van der Waals surface area contributed by atoms with Gasteiger partial charge in [0.05, 0.1) is 18.4 Å². The first-order chi connectivity index (χ1) is 13.3. The maximum absolute atomic E-state index is 12.4. The van der Waals surface area contributed by atoms with E-state index in [0.29, 0.717) is 12.4 Å². The van der Waals surface area contributed by atoms with Gasteiger partial charge in [0.25, 0.3) is 0 Å². The van der Waals surface area contributed by atoms with Crippen molar-refractivity contribution in [1.82, 2.24) is 40.2 Å². The number of nitrogens with zero attached hydrogens (tertiary/aromatic N) is 8. The van der Waals surface area contributed by atoms with Crippen molar-refractivity contribution in [2.45, 2.75) is 19.4 Å². The molecule has 1 fully saturated rings. The van der Waals surface area contributed by atoms with E-state index >= 15 is 0 Å². The number of amides is 1. The van der Waals surface area contributed by atoms with E-state index in [9.17, 15) is 4.79 Å². The highest BCUT2D eigenvalue weighted by atomic mass is 16.1. The van der Waals surface area contributed by atoms with Crippen LogP contribution in [0.2, 0.25) is 0 Å². The summed E-state index contributed by atoms with van der Waals surface area (Å²) >= 11 is 0. The Labute approximate surface area is 155 Å². The molecule has 27 heavy (non-hydrogen) atoms. The predicted molar refractivity (Wildman–Crippen MR) is 95.8 cm³/mol. The van der Waals surface area contributed by atoms with Gasteiger partial charge in [-0.15, -0.1) is 10.2 Å². The molecule has 1 amide bonds. The lowest BCUT2D eigenvalue weighted by molar-refractivity contribution is -0.125. The van der Waals surface area contributed by atoms with E-state index in [4.69, 9.17) is 0 Å². The minimum Gasteiger partial charge on any atom is -0.355 e. The number of rotatable bonds is 5. The molecule has 0 bridgehead atoms.